The second-order valence-electron chi connectivity index (χ2n) is 7.50. The quantitative estimate of drug-likeness (QED) is 0.420. The topological polar surface area (TPSA) is 99.3 Å². The summed E-state index contributed by atoms with van der Waals surface area (Å²) in [5, 5.41) is 18.2. The normalized spacial score (nSPS) is 15.4. The highest BCUT2D eigenvalue weighted by atomic mass is 79.9. The lowest BCUT2D eigenvalue weighted by Gasteiger charge is -2.38. The van der Waals surface area contributed by atoms with E-state index in [1.54, 1.807) is 24.4 Å². The number of ether oxygens (including phenoxy) is 1. The van der Waals surface area contributed by atoms with Crippen molar-refractivity contribution < 1.29 is 14.5 Å². The third-order valence-corrected chi connectivity index (χ3v) is 6.11. The van der Waals surface area contributed by atoms with E-state index in [-0.39, 0.29) is 22.7 Å². The Morgan fingerprint density at radius 3 is 2.61 bits per heavy atom. The van der Waals surface area contributed by atoms with Crippen molar-refractivity contribution in [3.05, 3.63) is 86.6 Å². The molecular weight excluding hydrogens is 464 g/mol. The Balaban J connectivity index is 1.48. The summed E-state index contributed by atoms with van der Waals surface area (Å²) in [5.74, 6) is -0.262. The summed E-state index contributed by atoms with van der Waals surface area (Å²) in [6.07, 6.45) is 3.30. The van der Waals surface area contributed by atoms with Gasteiger partial charge in [-0.15, -0.1) is 0 Å². The van der Waals surface area contributed by atoms with Crippen molar-refractivity contribution >= 4 is 27.5 Å². The summed E-state index contributed by atoms with van der Waals surface area (Å²) in [4.78, 5) is 23.2. The van der Waals surface area contributed by atoms with Crippen LogP contribution in [0.1, 0.15) is 28.9 Å². The molecule has 31 heavy (non-hydrogen) atoms. The molecule has 0 aliphatic carbocycles. The maximum absolute atomic E-state index is 12.8. The number of carbonyl (C=O) groups excluding carboxylic acids is 1. The fraction of sp³-hybridized carbons (Fsp3) is 0.273. The van der Waals surface area contributed by atoms with Gasteiger partial charge < -0.3 is 10.1 Å². The van der Waals surface area contributed by atoms with Crippen molar-refractivity contribution in [2.24, 2.45) is 0 Å². The molecule has 8 nitrogen and oxygen atoms in total. The van der Waals surface area contributed by atoms with E-state index in [2.05, 4.69) is 38.5 Å². The van der Waals surface area contributed by atoms with Crippen molar-refractivity contribution in [3.63, 3.8) is 0 Å². The first-order valence-corrected chi connectivity index (χ1v) is 10.7. The number of non-ortho nitro benzene ring substituents is 1. The minimum Gasteiger partial charge on any atom is -0.381 e. The lowest BCUT2D eigenvalue weighted by atomic mass is 9.74. The monoisotopic (exact) mass is 484 g/mol. The number of benzene rings is 2. The summed E-state index contributed by atoms with van der Waals surface area (Å²) in [6.45, 7) is 1.78. The van der Waals surface area contributed by atoms with Gasteiger partial charge in [0.15, 0.2) is 5.69 Å². The number of nitro benzene ring substituents is 1. The molecule has 2 heterocycles. The Morgan fingerprint density at radius 2 is 1.94 bits per heavy atom. The predicted molar refractivity (Wildman–Crippen MR) is 118 cm³/mol. The Morgan fingerprint density at radius 1 is 1.19 bits per heavy atom. The third kappa shape index (κ3) is 4.67. The summed E-state index contributed by atoms with van der Waals surface area (Å²) in [7, 11) is 0. The van der Waals surface area contributed by atoms with Gasteiger partial charge in [0.05, 0.1) is 10.6 Å². The highest BCUT2D eigenvalue weighted by Gasteiger charge is 2.35. The maximum Gasteiger partial charge on any atom is 0.271 e. The molecule has 1 aromatic heterocycles. The number of halogens is 1. The first kappa shape index (κ1) is 21.2. The van der Waals surface area contributed by atoms with Crippen LogP contribution in [0.4, 0.5) is 5.69 Å². The highest BCUT2D eigenvalue weighted by Crippen LogP contribution is 2.35. The second kappa shape index (κ2) is 8.99. The molecule has 1 saturated heterocycles. The molecule has 0 atom stereocenters. The molecule has 3 aromatic rings. The van der Waals surface area contributed by atoms with E-state index >= 15 is 0 Å². The van der Waals surface area contributed by atoms with Crippen molar-refractivity contribution in [2.45, 2.75) is 18.3 Å². The van der Waals surface area contributed by atoms with Gasteiger partial charge in [0.1, 0.15) is 0 Å². The van der Waals surface area contributed by atoms with E-state index in [0.29, 0.717) is 25.4 Å². The molecular formula is C22H21BrN4O4. The zero-order valence-corrected chi connectivity index (χ0v) is 18.2. The summed E-state index contributed by atoms with van der Waals surface area (Å²) >= 11 is 3.54. The van der Waals surface area contributed by atoms with Gasteiger partial charge in [-0.1, -0.05) is 28.1 Å². The molecule has 4 rings (SSSR count). The number of aromatic nitrogens is 2. The van der Waals surface area contributed by atoms with E-state index < -0.39 is 4.92 Å². The molecule has 1 N–H and O–H groups in total. The molecule has 160 valence electrons. The number of carbonyl (C=O) groups is 1. The van der Waals surface area contributed by atoms with E-state index in [9.17, 15) is 14.9 Å². The highest BCUT2D eigenvalue weighted by molar-refractivity contribution is 9.10. The molecule has 2 aromatic carbocycles. The Labute approximate surface area is 187 Å². The van der Waals surface area contributed by atoms with E-state index in [0.717, 1.165) is 17.3 Å². The zero-order chi connectivity index (χ0) is 21.8. The lowest BCUT2D eigenvalue weighted by Crippen LogP contribution is -2.44. The van der Waals surface area contributed by atoms with Crippen LogP contribution >= 0.6 is 15.9 Å². The second-order valence-corrected chi connectivity index (χ2v) is 8.42. The van der Waals surface area contributed by atoms with Gasteiger partial charge >= 0.3 is 0 Å². The van der Waals surface area contributed by atoms with Gasteiger partial charge in [-0.25, -0.2) is 4.68 Å². The number of hydrogen-bond acceptors (Lipinski definition) is 5. The predicted octanol–water partition coefficient (Wildman–Crippen LogP) is 4.02. The standard InChI is InChI=1S/C22H21BrN4O4/c23-17-3-1-2-16(14-17)22(9-12-31-13-10-22)15-24-21(28)20-8-11-26(25-20)18-4-6-19(7-5-18)27(29)30/h1-8,11,14H,9-10,12-13,15H2,(H,24,28). The third-order valence-electron chi connectivity index (χ3n) is 5.62. The lowest BCUT2D eigenvalue weighted by molar-refractivity contribution is -0.384. The minimum absolute atomic E-state index is 0.00295. The van der Waals surface area contributed by atoms with Crippen LogP contribution in [-0.2, 0) is 10.2 Å². The Bertz CT molecular complexity index is 1090. The molecule has 0 saturated carbocycles. The molecule has 1 fully saturated rings. The van der Waals surface area contributed by atoms with Crippen LogP contribution in [0, 0.1) is 10.1 Å². The summed E-state index contributed by atoms with van der Waals surface area (Å²) in [6, 6.07) is 15.8. The molecule has 0 unspecified atom stereocenters. The molecule has 1 aliphatic rings. The Kier molecular flexibility index (Phi) is 6.15. The SMILES string of the molecule is O=C(NCC1(c2cccc(Br)c2)CCOCC1)c1ccn(-c2ccc([N+](=O)[O-])cc2)n1. The van der Waals surface area contributed by atoms with Crippen molar-refractivity contribution in [1.29, 1.82) is 0 Å². The van der Waals surface area contributed by atoms with Crippen LogP contribution in [0.3, 0.4) is 0 Å². The number of hydrogen-bond donors (Lipinski definition) is 1. The smallest absolute Gasteiger partial charge is 0.271 e. The van der Waals surface area contributed by atoms with Gasteiger partial charge in [-0.05, 0) is 48.7 Å². The van der Waals surface area contributed by atoms with Crippen LogP contribution in [0.5, 0.6) is 0 Å². The molecule has 1 amide bonds. The van der Waals surface area contributed by atoms with Gasteiger partial charge in [0, 0.05) is 48.0 Å². The van der Waals surface area contributed by atoms with Gasteiger partial charge in [0.25, 0.3) is 11.6 Å². The number of rotatable bonds is 6. The Hall–Kier alpha value is -3.04. The van der Waals surface area contributed by atoms with Crippen molar-refractivity contribution in [3.8, 4) is 5.69 Å². The van der Waals surface area contributed by atoms with Crippen LogP contribution in [0.15, 0.2) is 65.3 Å². The number of nitrogens with zero attached hydrogens (tertiary/aromatic N) is 3. The summed E-state index contributed by atoms with van der Waals surface area (Å²) in [5.41, 5.74) is 1.90. The van der Waals surface area contributed by atoms with Crippen LogP contribution in [0.25, 0.3) is 5.69 Å². The van der Waals surface area contributed by atoms with Crippen LogP contribution in [-0.4, -0.2) is 40.4 Å². The first-order valence-electron chi connectivity index (χ1n) is 9.89. The summed E-state index contributed by atoms with van der Waals surface area (Å²) < 4.78 is 8.09. The number of amides is 1. The molecule has 0 bridgehead atoms. The maximum atomic E-state index is 12.8. The average molecular weight is 485 g/mol. The number of nitrogens with one attached hydrogen (secondary N) is 1. The van der Waals surface area contributed by atoms with Crippen LogP contribution in [0.2, 0.25) is 0 Å². The van der Waals surface area contributed by atoms with Crippen molar-refractivity contribution in [1.82, 2.24) is 15.1 Å². The molecule has 1 aliphatic heterocycles. The molecule has 0 spiro atoms. The van der Waals surface area contributed by atoms with E-state index in [1.807, 2.05) is 12.1 Å². The largest absolute Gasteiger partial charge is 0.381 e. The van der Waals surface area contributed by atoms with Crippen LogP contribution < -0.4 is 5.32 Å². The minimum atomic E-state index is -0.455. The molecule has 0 radical (unpaired) electrons. The average Bonchev–Trinajstić information content (AvgIpc) is 3.29. The van der Waals surface area contributed by atoms with Gasteiger partial charge in [0.2, 0.25) is 0 Å². The van der Waals surface area contributed by atoms with E-state index in [4.69, 9.17) is 4.74 Å². The van der Waals surface area contributed by atoms with E-state index in [1.165, 1.54) is 22.4 Å². The van der Waals surface area contributed by atoms with Crippen molar-refractivity contribution in [2.75, 3.05) is 19.8 Å². The fourth-order valence-electron chi connectivity index (χ4n) is 3.80. The molecule has 9 heteroatoms. The fourth-order valence-corrected chi connectivity index (χ4v) is 4.20. The first-order chi connectivity index (χ1) is 15.0. The van der Waals surface area contributed by atoms with Gasteiger partial charge in [-0.3, -0.25) is 14.9 Å². The zero-order valence-electron chi connectivity index (χ0n) is 16.7. The van der Waals surface area contributed by atoms with Gasteiger partial charge in [-0.2, -0.15) is 5.10 Å². The number of nitro groups is 1.